The molecule has 0 spiro atoms. The zero-order valence-electron chi connectivity index (χ0n) is 14.1. The lowest BCUT2D eigenvalue weighted by atomic mass is 10.1. The summed E-state index contributed by atoms with van der Waals surface area (Å²) >= 11 is 1.24. The van der Waals surface area contributed by atoms with Crippen molar-refractivity contribution in [1.29, 1.82) is 5.41 Å². The van der Waals surface area contributed by atoms with Gasteiger partial charge in [-0.3, -0.25) is 9.81 Å². The van der Waals surface area contributed by atoms with Gasteiger partial charge in [-0.05, 0) is 42.5 Å². The molecule has 1 N–H and O–H groups in total. The highest BCUT2D eigenvalue weighted by Gasteiger charge is 2.25. The normalized spacial score (nSPS) is 11.8. The first-order valence-electron chi connectivity index (χ1n) is 7.93. The number of fused-ring (bicyclic) bond motifs is 1. The Morgan fingerprint density at radius 1 is 1.20 bits per heavy atom. The lowest BCUT2D eigenvalue weighted by Gasteiger charge is -2.12. The van der Waals surface area contributed by atoms with Gasteiger partial charge in [-0.2, -0.15) is 0 Å². The Hall–Kier alpha value is -2.12. The Bertz CT molecular complexity index is 1070. The van der Waals surface area contributed by atoms with E-state index >= 15 is 0 Å². The van der Waals surface area contributed by atoms with E-state index in [0.717, 1.165) is 18.4 Å². The summed E-state index contributed by atoms with van der Waals surface area (Å²) in [5.41, 5.74) is 1.65. The quantitative estimate of drug-likeness (QED) is 0.550. The first-order chi connectivity index (χ1) is 12.0. The molecule has 0 unspecified atom stereocenters. The molecule has 0 fully saturated rings. The van der Waals surface area contributed by atoms with Crippen LogP contribution in [0.4, 0.5) is 0 Å². The Morgan fingerprint density at radius 2 is 1.92 bits per heavy atom. The van der Waals surface area contributed by atoms with Crippen LogP contribution >= 0.6 is 11.8 Å². The third-order valence-electron chi connectivity index (χ3n) is 3.92. The number of sulfone groups is 1. The number of hydrogen-bond donors (Lipinski definition) is 1. The van der Waals surface area contributed by atoms with Gasteiger partial charge in [-0.25, -0.2) is 13.4 Å². The maximum Gasteiger partial charge on any atom is 0.212 e. The average Bonchev–Trinajstić information content (AvgIpc) is 2.62. The molecule has 130 valence electrons. The van der Waals surface area contributed by atoms with Gasteiger partial charge in [0.2, 0.25) is 9.84 Å². The van der Waals surface area contributed by atoms with Gasteiger partial charge in [0.15, 0.2) is 5.49 Å². The lowest BCUT2D eigenvalue weighted by Crippen LogP contribution is -2.24. The fraction of sp³-hybridized carbons (Fsp3) is 0.222. The largest absolute Gasteiger partial charge is 0.285 e. The molecule has 0 aliphatic heterocycles. The summed E-state index contributed by atoms with van der Waals surface area (Å²) in [6, 6.07) is 12.0. The number of nitrogens with zero attached hydrogens (tertiary/aromatic N) is 2. The van der Waals surface area contributed by atoms with E-state index in [1.807, 2.05) is 12.1 Å². The highest BCUT2D eigenvalue weighted by molar-refractivity contribution is 7.99. The highest BCUT2D eigenvalue weighted by atomic mass is 32.2. The van der Waals surface area contributed by atoms with Gasteiger partial charge >= 0.3 is 0 Å². The fourth-order valence-corrected chi connectivity index (χ4v) is 5.14. The average molecular weight is 374 g/mol. The molecule has 0 radical (unpaired) electrons. The van der Waals surface area contributed by atoms with E-state index in [2.05, 4.69) is 11.9 Å². The smallest absolute Gasteiger partial charge is 0.212 e. The van der Waals surface area contributed by atoms with Crippen LogP contribution in [0.2, 0.25) is 0 Å². The number of pyridine rings is 1. The Kier molecular flexibility index (Phi) is 4.96. The number of benzene rings is 1. The standard InChI is InChI=1S/C18H19N3O2S2/c1-3-7-13-10-11-21-15(12-13)20-18(24-2)16(17(21)19)25(22,23)14-8-5-4-6-9-14/h4-6,8-12,19H,3,7H2,1-2H3. The third kappa shape index (κ3) is 3.21. The van der Waals surface area contributed by atoms with Crippen LogP contribution in [-0.4, -0.2) is 24.1 Å². The second-order valence-electron chi connectivity index (χ2n) is 5.63. The van der Waals surface area contributed by atoms with Crippen molar-refractivity contribution in [2.24, 2.45) is 0 Å². The van der Waals surface area contributed by atoms with Crippen molar-refractivity contribution in [2.45, 2.75) is 34.6 Å². The van der Waals surface area contributed by atoms with Crippen molar-refractivity contribution >= 4 is 27.2 Å². The number of aromatic nitrogens is 2. The van der Waals surface area contributed by atoms with Crippen molar-refractivity contribution in [3.05, 3.63) is 59.7 Å². The molecule has 5 nitrogen and oxygen atoms in total. The predicted molar refractivity (Wildman–Crippen MR) is 98.7 cm³/mol. The van der Waals surface area contributed by atoms with Gasteiger partial charge in [0.05, 0.1) is 4.90 Å². The first-order valence-corrected chi connectivity index (χ1v) is 10.6. The Balaban J connectivity index is 2.31. The minimum atomic E-state index is -3.82. The van der Waals surface area contributed by atoms with E-state index in [4.69, 9.17) is 5.41 Å². The van der Waals surface area contributed by atoms with Crippen molar-refractivity contribution in [1.82, 2.24) is 9.38 Å². The van der Waals surface area contributed by atoms with Crippen molar-refractivity contribution < 1.29 is 8.42 Å². The maximum atomic E-state index is 13.1. The number of aryl methyl sites for hydroxylation is 1. The van der Waals surface area contributed by atoms with Crippen LogP contribution in [0.5, 0.6) is 0 Å². The van der Waals surface area contributed by atoms with Crippen LogP contribution in [0.15, 0.2) is 63.5 Å². The fourth-order valence-electron chi connectivity index (χ4n) is 2.71. The summed E-state index contributed by atoms with van der Waals surface area (Å²) in [7, 11) is -3.82. The zero-order chi connectivity index (χ0) is 18.0. The second kappa shape index (κ2) is 7.01. The summed E-state index contributed by atoms with van der Waals surface area (Å²) in [6.45, 7) is 2.10. The van der Waals surface area contributed by atoms with Crippen molar-refractivity contribution in [2.75, 3.05) is 6.26 Å². The predicted octanol–water partition coefficient (Wildman–Crippen LogP) is 3.32. The lowest BCUT2D eigenvalue weighted by molar-refractivity contribution is 0.589. The molecule has 1 aromatic carbocycles. The molecule has 0 aliphatic carbocycles. The molecule has 7 heteroatoms. The highest BCUT2D eigenvalue weighted by Crippen LogP contribution is 2.26. The van der Waals surface area contributed by atoms with Gasteiger partial charge in [-0.1, -0.05) is 31.5 Å². The summed E-state index contributed by atoms with van der Waals surface area (Å²) in [4.78, 5) is 4.64. The molecule has 0 bridgehead atoms. The van der Waals surface area contributed by atoms with Crippen molar-refractivity contribution in [3.63, 3.8) is 0 Å². The number of nitrogens with one attached hydrogen (secondary N) is 1. The molecular weight excluding hydrogens is 354 g/mol. The Labute approximate surface area is 151 Å². The number of rotatable bonds is 5. The van der Waals surface area contributed by atoms with Crippen LogP contribution < -0.4 is 5.49 Å². The molecule has 0 saturated carbocycles. The number of thioether (sulfide) groups is 1. The molecule has 0 saturated heterocycles. The van der Waals surface area contributed by atoms with Gasteiger partial charge in [-0.15, -0.1) is 11.8 Å². The van der Waals surface area contributed by atoms with Crippen LogP contribution in [0, 0.1) is 5.41 Å². The first kappa shape index (κ1) is 17.7. The minimum absolute atomic E-state index is 0.0491. The van der Waals surface area contributed by atoms with E-state index < -0.39 is 9.84 Å². The van der Waals surface area contributed by atoms with Crippen LogP contribution in [-0.2, 0) is 16.3 Å². The SMILES string of the molecule is CCCc1ccn2c(=N)c(S(=O)(=O)c3ccccc3)c(SC)nc2c1. The molecule has 3 rings (SSSR count). The summed E-state index contributed by atoms with van der Waals surface area (Å²) in [6.07, 6.45) is 5.44. The van der Waals surface area contributed by atoms with Gasteiger partial charge in [0.1, 0.15) is 15.6 Å². The zero-order valence-corrected chi connectivity index (χ0v) is 15.7. The summed E-state index contributed by atoms with van der Waals surface area (Å²) in [5, 5.41) is 8.84. The molecule has 0 atom stereocenters. The summed E-state index contributed by atoms with van der Waals surface area (Å²) < 4.78 is 27.6. The molecule has 0 amide bonds. The van der Waals surface area contributed by atoms with E-state index in [0.29, 0.717) is 10.7 Å². The molecule has 2 aromatic heterocycles. The van der Waals surface area contributed by atoms with Crippen LogP contribution in [0.25, 0.3) is 5.65 Å². The maximum absolute atomic E-state index is 13.1. The van der Waals surface area contributed by atoms with Gasteiger partial charge in [0, 0.05) is 6.20 Å². The molecule has 25 heavy (non-hydrogen) atoms. The van der Waals surface area contributed by atoms with Crippen molar-refractivity contribution in [3.8, 4) is 0 Å². The van der Waals surface area contributed by atoms with Crippen LogP contribution in [0.1, 0.15) is 18.9 Å². The molecule has 0 aliphatic rings. The molecule has 3 aromatic rings. The summed E-state index contributed by atoms with van der Waals surface area (Å²) in [5.74, 6) is 0. The molecular formula is C18H19N3O2S2. The van der Waals surface area contributed by atoms with E-state index in [9.17, 15) is 8.42 Å². The van der Waals surface area contributed by atoms with E-state index in [1.165, 1.54) is 28.3 Å². The topological polar surface area (TPSA) is 75.3 Å². The molecule has 2 heterocycles. The minimum Gasteiger partial charge on any atom is -0.285 e. The van der Waals surface area contributed by atoms with E-state index in [-0.39, 0.29) is 15.3 Å². The van der Waals surface area contributed by atoms with E-state index in [1.54, 1.807) is 30.7 Å². The van der Waals surface area contributed by atoms with Gasteiger partial charge in [0.25, 0.3) is 0 Å². The number of hydrogen-bond acceptors (Lipinski definition) is 5. The van der Waals surface area contributed by atoms with Gasteiger partial charge < -0.3 is 0 Å². The Morgan fingerprint density at radius 3 is 2.56 bits per heavy atom. The monoisotopic (exact) mass is 373 g/mol. The third-order valence-corrected chi connectivity index (χ3v) is 6.55. The second-order valence-corrected chi connectivity index (χ2v) is 8.31. The van der Waals surface area contributed by atoms with Crippen LogP contribution in [0.3, 0.4) is 0 Å².